The monoisotopic (exact) mass is 789 g/mol. The van der Waals surface area contributed by atoms with Gasteiger partial charge in [-0.15, -0.1) is 0 Å². The molecule has 0 fully saturated rings. The molecule has 0 spiro atoms. The van der Waals surface area contributed by atoms with Crippen LogP contribution in [0.3, 0.4) is 0 Å². The quantitative estimate of drug-likeness (QED) is 0.167. The smallest absolute Gasteiger partial charge is 0.0968 e. The summed E-state index contributed by atoms with van der Waals surface area (Å²) >= 11 is 0. The Morgan fingerprint density at radius 1 is 0.452 bits per heavy atom. The van der Waals surface area contributed by atoms with Crippen molar-refractivity contribution in [1.29, 1.82) is 0 Å². The van der Waals surface area contributed by atoms with Gasteiger partial charge in [0, 0.05) is 39.4 Å². The maximum Gasteiger partial charge on any atom is 0.0968 e. The van der Waals surface area contributed by atoms with Crippen LogP contribution < -0.4 is 0 Å². The van der Waals surface area contributed by atoms with Crippen molar-refractivity contribution in [2.75, 3.05) is 0 Å². The predicted octanol–water partition coefficient (Wildman–Crippen LogP) is 15.1. The highest BCUT2D eigenvalue weighted by Gasteiger charge is 2.35. The molecule has 2 unspecified atom stereocenters. The topological polar surface area (TPSA) is 38.1 Å². The molecule has 0 radical (unpaired) electrons. The number of fused-ring (bicyclic) bond motifs is 14. The molecule has 0 amide bonds. The third-order valence-corrected chi connectivity index (χ3v) is 13.5. The minimum Gasteiger partial charge on any atom is -0.250 e. The Labute approximate surface area is 360 Å². The fourth-order valence-electron chi connectivity index (χ4n) is 10.5. The lowest BCUT2D eigenvalue weighted by Gasteiger charge is -2.35. The second-order valence-electron chi connectivity index (χ2n) is 17.0. The summed E-state index contributed by atoms with van der Waals surface area (Å²) in [5.74, 6) is 0.510. The molecule has 3 heteroatoms. The van der Waals surface area contributed by atoms with E-state index in [4.69, 9.17) is 15.0 Å². The Kier molecular flexibility index (Phi) is 7.86. The number of hydrogen-bond acceptors (Lipinski definition) is 3. The van der Waals surface area contributed by atoms with E-state index in [1.165, 1.54) is 71.4 Å². The zero-order valence-electron chi connectivity index (χ0n) is 34.0. The number of benzene rings is 8. The summed E-state index contributed by atoms with van der Waals surface area (Å²) in [7, 11) is 0. The summed E-state index contributed by atoms with van der Waals surface area (Å²) in [4.78, 5) is 15.9. The second-order valence-corrected chi connectivity index (χ2v) is 17.0. The molecule has 0 saturated carbocycles. The van der Waals surface area contributed by atoms with Gasteiger partial charge in [0.25, 0.3) is 0 Å². The van der Waals surface area contributed by atoms with Crippen molar-refractivity contribution in [2.24, 2.45) is 4.99 Å². The van der Waals surface area contributed by atoms with Gasteiger partial charge in [0.05, 0.1) is 28.1 Å². The number of hydrogen-bond donors (Lipinski definition) is 0. The zero-order chi connectivity index (χ0) is 40.7. The molecule has 1 aliphatic heterocycles. The molecule has 2 aromatic heterocycles. The Bertz CT molecular complexity index is 3580. The van der Waals surface area contributed by atoms with Gasteiger partial charge in [-0.05, 0) is 103 Å². The molecule has 2 aliphatic carbocycles. The molecule has 3 heterocycles. The molecule has 290 valence electrons. The van der Waals surface area contributed by atoms with E-state index in [2.05, 4.69) is 200 Å². The van der Waals surface area contributed by atoms with Gasteiger partial charge in [-0.2, -0.15) is 0 Å². The van der Waals surface area contributed by atoms with Crippen molar-refractivity contribution in [3.63, 3.8) is 0 Å². The normalized spacial score (nSPS) is 16.2. The highest BCUT2D eigenvalue weighted by atomic mass is 14.8. The van der Waals surface area contributed by atoms with Crippen LogP contribution in [0.2, 0.25) is 0 Å². The minimum atomic E-state index is 0.223. The molecule has 13 rings (SSSR count). The zero-order valence-corrected chi connectivity index (χ0v) is 34.0. The molecule has 2 atom stereocenters. The lowest BCUT2D eigenvalue weighted by molar-refractivity contribution is 0.720. The van der Waals surface area contributed by atoms with Crippen molar-refractivity contribution in [2.45, 2.75) is 24.7 Å². The number of allylic oxidation sites excluding steroid dienone is 4. The largest absolute Gasteiger partial charge is 0.250 e. The summed E-state index contributed by atoms with van der Waals surface area (Å²) in [6, 6.07) is 64.1. The lowest BCUT2D eigenvalue weighted by atomic mass is 9.68. The molecule has 10 aromatic rings. The third kappa shape index (κ3) is 5.55. The van der Waals surface area contributed by atoms with E-state index in [9.17, 15) is 0 Å². The Morgan fingerprint density at radius 3 is 1.98 bits per heavy atom. The summed E-state index contributed by atoms with van der Waals surface area (Å²) in [6.07, 6.45) is 11.0. The van der Waals surface area contributed by atoms with Gasteiger partial charge < -0.3 is 0 Å². The van der Waals surface area contributed by atoms with Crippen LogP contribution in [0.1, 0.15) is 40.5 Å². The molecular formula is C59H39N3. The average molecular weight is 790 g/mol. The first kappa shape index (κ1) is 35.0. The van der Waals surface area contributed by atoms with Crippen LogP contribution in [-0.4, -0.2) is 15.7 Å². The van der Waals surface area contributed by atoms with Gasteiger partial charge in [0.1, 0.15) is 0 Å². The van der Waals surface area contributed by atoms with Crippen LogP contribution in [0.4, 0.5) is 5.69 Å². The molecule has 8 aromatic carbocycles. The van der Waals surface area contributed by atoms with E-state index in [1.807, 2.05) is 0 Å². The fraction of sp³-hybridized carbons (Fsp3) is 0.0678. The molecular weight excluding hydrogens is 751 g/mol. The van der Waals surface area contributed by atoms with Gasteiger partial charge in [-0.3, -0.25) is 4.99 Å². The first-order valence-corrected chi connectivity index (χ1v) is 21.7. The van der Waals surface area contributed by atoms with Crippen LogP contribution >= 0.6 is 0 Å². The van der Waals surface area contributed by atoms with Crippen LogP contribution in [-0.2, 0) is 6.42 Å². The van der Waals surface area contributed by atoms with Crippen LogP contribution in [0.15, 0.2) is 205 Å². The Hall–Kier alpha value is -7.75. The van der Waals surface area contributed by atoms with E-state index in [0.29, 0.717) is 0 Å². The van der Waals surface area contributed by atoms with Gasteiger partial charge >= 0.3 is 0 Å². The maximum atomic E-state index is 5.40. The first-order chi connectivity index (χ1) is 30.7. The van der Waals surface area contributed by atoms with E-state index in [-0.39, 0.29) is 11.8 Å². The fourth-order valence-corrected chi connectivity index (χ4v) is 10.5. The Morgan fingerprint density at radius 2 is 1.13 bits per heavy atom. The average Bonchev–Trinajstić information content (AvgIpc) is 3.35. The lowest BCUT2D eigenvalue weighted by Crippen LogP contribution is -2.18. The second kappa shape index (κ2) is 13.9. The summed E-state index contributed by atoms with van der Waals surface area (Å²) in [5, 5.41) is 7.24. The van der Waals surface area contributed by atoms with Crippen molar-refractivity contribution >= 4 is 54.7 Å². The van der Waals surface area contributed by atoms with Gasteiger partial charge in [0.2, 0.25) is 0 Å². The number of para-hydroxylation sites is 1. The SMILES string of the molecule is C1=CC2c3ccccc3-c3c(c(-c4ccc(-c5ccc6c(ccc7cc(-c8ccc9ccc%10c(c9n8)N=C(c8ccccc8)CC%10)ccc76)c5)cc4)nc4ccccc34)C2C=C1. The standard InChI is InChI=1S/C59H39N3/c1-2-10-37(11-3-1)52-32-28-39-22-23-40-29-33-53(61-59(40)58(39)60-52)44-27-31-46-43(35-44)25-24-42-34-41(26-30-45(42)46)36-18-20-38(21-19-36)57-56-50-15-7-5-13-48(50)47-12-4-6-14-49(47)55(56)51-16-8-9-17-54(51)62-57/h1-27,29-31,33-35,48,50H,28,32H2. The molecule has 0 saturated heterocycles. The maximum absolute atomic E-state index is 5.40. The van der Waals surface area contributed by atoms with Crippen LogP contribution in [0.5, 0.6) is 0 Å². The number of aromatic nitrogens is 2. The van der Waals surface area contributed by atoms with Crippen LogP contribution in [0, 0.1) is 0 Å². The van der Waals surface area contributed by atoms with Gasteiger partial charge in [-0.1, -0.05) is 176 Å². The summed E-state index contributed by atoms with van der Waals surface area (Å²) in [6.45, 7) is 0. The number of nitrogens with zero attached hydrogens (tertiary/aromatic N) is 3. The summed E-state index contributed by atoms with van der Waals surface area (Å²) < 4.78 is 0. The number of pyridine rings is 2. The molecule has 0 bridgehead atoms. The van der Waals surface area contributed by atoms with E-state index >= 15 is 0 Å². The van der Waals surface area contributed by atoms with Crippen molar-refractivity contribution in [1.82, 2.24) is 9.97 Å². The van der Waals surface area contributed by atoms with Crippen LogP contribution in [0.25, 0.3) is 88.1 Å². The van der Waals surface area contributed by atoms with E-state index < -0.39 is 0 Å². The molecule has 0 N–H and O–H groups in total. The highest BCUT2D eigenvalue weighted by Crippen LogP contribution is 2.54. The predicted molar refractivity (Wildman–Crippen MR) is 259 cm³/mol. The third-order valence-electron chi connectivity index (χ3n) is 13.5. The number of rotatable bonds is 4. The first-order valence-electron chi connectivity index (χ1n) is 21.7. The van der Waals surface area contributed by atoms with Crippen molar-refractivity contribution in [3.8, 4) is 44.8 Å². The number of aliphatic imine (C=N–C) groups is 1. The highest BCUT2D eigenvalue weighted by molar-refractivity contribution is 6.10. The Balaban J connectivity index is 0.844. The molecule has 62 heavy (non-hydrogen) atoms. The number of aryl methyl sites for hydroxylation is 1. The minimum absolute atomic E-state index is 0.223. The molecule has 3 nitrogen and oxygen atoms in total. The molecule has 3 aliphatic rings. The van der Waals surface area contributed by atoms with E-state index in [0.717, 1.165) is 63.2 Å². The van der Waals surface area contributed by atoms with Crippen molar-refractivity contribution < 1.29 is 0 Å². The van der Waals surface area contributed by atoms with E-state index in [1.54, 1.807) is 0 Å². The van der Waals surface area contributed by atoms with Gasteiger partial charge in [0.15, 0.2) is 0 Å². The summed E-state index contributed by atoms with van der Waals surface area (Å²) in [5.41, 5.74) is 18.6. The van der Waals surface area contributed by atoms with Gasteiger partial charge in [-0.25, -0.2) is 9.97 Å². The van der Waals surface area contributed by atoms with Crippen molar-refractivity contribution in [3.05, 3.63) is 222 Å².